The molecule has 2 unspecified atom stereocenters. The number of hydrogen-bond donors (Lipinski definition) is 1. The fraction of sp³-hybridized carbons (Fsp3) is 0.538. The quantitative estimate of drug-likeness (QED) is 0.832. The van der Waals surface area contributed by atoms with E-state index in [9.17, 15) is 4.39 Å². The van der Waals surface area contributed by atoms with Crippen LogP contribution in [0.1, 0.15) is 24.9 Å². The van der Waals surface area contributed by atoms with E-state index in [4.69, 9.17) is 5.73 Å². The van der Waals surface area contributed by atoms with Gasteiger partial charge in [0.15, 0.2) is 0 Å². The fourth-order valence-corrected chi connectivity index (χ4v) is 1.81. The van der Waals surface area contributed by atoms with Crippen LogP contribution < -0.4 is 5.73 Å². The number of benzene rings is 1. The lowest BCUT2D eigenvalue weighted by Gasteiger charge is -2.27. The first-order valence-corrected chi connectivity index (χ1v) is 5.66. The van der Waals surface area contributed by atoms with Crippen LogP contribution in [0.25, 0.3) is 0 Å². The van der Waals surface area contributed by atoms with Gasteiger partial charge in [-0.15, -0.1) is 0 Å². The minimum atomic E-state index is -0.187. The maximum atomic E-state index is 12.8. The van der Waals surface area contributed by atoms with Crippen LogP contribution in [0.4, 0.5) is 4.39 Å². The van der Waals surface area contributed by atoms with Crippen LogP contribution >= 0.6 is 0 Å². The SMILES string of the molecule is CC(CN)CC(c1ccc(F)cc1)N(C)C. The van der Waals surface area contributed by atoms with Crippen molar-refractivity contribution < 1.29 is 4.39 Å². The molecule has 0 aliphatic rings. The van der Waals surface area contributed by atoms with Gasteiger partial charge in [0.1, 0.15) is 5.82 Å². The van der Waals surface area contributed by atoms with E-state index in [0.717, 1.165) is 12.0 Å². The van der Waals surface area contributed by atoms with E-state index >= 15 is 0 Å². The van der Waals surface area contributed by atoms with Crippen LogP contribution in [0, 0.1) is 11.7 Å². The molecular weight excluding hydrogens is 203 g/mol. The summed E-state index contributed by atoms with van der Waals surface area (Å²) in [6.07, 6.45) is 0.995. The van der Waals surface area contributed by atoms with Crippen LogP contribution in [0.2, 0.25) is 0 Å². The second kappa shape index (κ2) is 5.97. The Morgan fingerprint density at radius 1 is 1.25 bits per heavy atom. The Balaban J connectivity index is 2.81. The van der Waals surface area contributed by atoms with Gasteiger partial charge in [-0.1, -0.05) is 19.1 Å². The molecule has 2 N–H and O–H groups in total. The van der Waals surface area contributed by atoms with Crippen molar-refractivity contribution in [3.05, 3.63) is 35.6 Å². The number of halogens is 1. The van der Waals surface area contributed by atoms with Crippen molar-refractivity contribution in [1.29, 1.82) is 0 Å². The molecule has 90 valence electrons. The van der Waals surface area contributed by atoms with Crippen molar-refractivity contribution in [2.75, 3.05) is 20.6 Å². The fourth-order valence-electron chi connectivity index (χ4n) is 1.81. The first kappa shape index (κ1) is 13.1. The predicted molar refractivity (Wildman–Crippen MR) is 65.7 cm³/mol. The molecule has 0 aliphatic heterocycles. The first-order valence-electron chi connectivity index (χ1n) is 5.66. The average Bonchev–Trinajstić information content (AvgIpc) is 2.26. The van der Waals surface area contributed by atoms with E-state index in [1.54, 1.807) is 0 Å². The van der Waals surface area contributed by atoms with Crippen molar-refractivity contribution in [2.24, 2.45) is 11.7 Å². The van der Waals surface area contributed by atoms with Gasteiger partial charge < -0.3 is 10.6 Å². The third-order valence-corrected chi connectivity index (χ3v) is 2.91. The van der Waals surface area contributed by atoms with Gasteiger partial charge in [-0.25, -0.2) is 4.39 Å². The van der Waals surface area contributed by atoms with E-state index in [1.165, 1.54) is 12.1 Å². The predicted octanol–water partition coefficient (Wildman–Crippen LogP) is 2.41. The summed E-state index contributed by atoms with van der Waals surface area (Å²) in [6, 6.07) is 7.03. The molecule has 0 saturated heterocycles. The molecule has 0 radical (unpaired) electrons. The van der Waals surface area contributed by atoms with Crippen LogP contribution in [0.3, 0.4) is 0 Å². The molecule has 2 atom stereocenters. The summed E-state index contributed by atoms with van der Waals surface area (Å²) in [4.78, 5) is 2.15. The van der Waals surface area contributed by atoms with E-state index in [2.05, 4.69) is 11.8 Å². The highest BCUT2D eigenvalue weighted by Gasteiger charge is 2.16. The third kappa shape index (κ3) is 3.58. The van der Waals surface area contributed by atoms with Crippen molar-refractivity contribution >= 4 is 0 Å². The monoisotopic (exact) mass is 224 g/mol. The zero-order valence-electron chi connectivity index (χ0n) is 10.3. The molecule has 0 bridgehead atoms. The van der Waals surface area contributed by atoms with Gasteiger partial charge in [0.2, 0.25) is 0 Å². The molecule has 2 nitrogen and oxygen atoms in total. The molecular formula is C13H21FN2. The van der Waals surface area contributed by atoms with Crippen LogP contribution in [0.15, 0.2) is 24.3 Å². The summed E-state index contributed by atoms with van der Waals surface area (Å²) in [7, 11) is 4.08. The summed E-state index contributed by atoms with van der Waals surface area (Å²) in [5.74, 6) is 0.283. The molecule has 0 fully saturated rings. The van der Waals surface area contributed by atoms with E-state index in [0.29, 0.717) is 18.5 Å². The molecule has 0 spiro atoms. The smallest absolute Gasteiger partial charge is 0.123 e. The largest absolute Gasteiger partial charge is 0.330 e. The second-order valence-corrected chi connectivity index (χ2v) is 4.61. The van der Waals surface area contributed by atoms with Crippen molar-refractivity contribution in [3.8, 4) is 0 Å². The second-order valence-electron chi connectivity index (χ2n) is 4.61. The number of rotatable bonds is 5. The molecule has 1 rings (SSSR count). The summed E-state index contributed by atoms with van der Waals surface area (Å²) in [6.45, 7) is 2.82. The standard InChI is InChI=1S/C13H21FN2/c1-10(9-15)8-13(16(2)3)11-4-6-12(14)7-5-11/h4-7,10,13H,8-9,15H2,1-3H3. The summed E-state index contributed by atoms with van der Waals surface area (Å²) >= 11 is 0. The molecule has 0 aliphatic carbocycles. The highest BCUT2D eigenvalue weighted by atomic mass is 19.1. The number of hydrogen-bond acceptors (Lipinski definition) is 2. The normalized spacial score (nSPS) is 15.1. The van der Waals surface area contributed by atoms with Crippen molar-refractivity contribution in [1.82, 2.24) is 4.90 Å². The number of nitrogens with zero attached hydrogens (tertiary/aromatic N) is 1. The first-order chi connectivity index (χ1) is 7.54. The zero-order chi connectivity index (χ0) is 12.1. The van der Waals surface area contributed by atoms with Gasteiger partial charge in [-0.3, -0.25) is 0 Å². The Morgan fingerprint density at radius 2 is 1.81 bits per heavy atom. The topological polar surface area (TPSA) is 29.3 Å². The van der Waals surface area contributed by atoms with Gasteiger partial charge in [-0.2, -0.15) is 0 Å². The Bertz CT molecular complexity index is 308. The maximum absolute atomic E-state index is 12.8. The average molecular weight is 224 g/mol. The summed E-state index contributed by atoms with van der Waals surface area (Å²) in [5, 5.41) is 0. The lowest BCUT2D eigenvalue weighted by Crippen LogP contribution is -2.24. The van der Waals surface area contributed by atoms with Gasteiger partial charge in [-0.05, 0) is 50.7 Å². The van der Waals surface area contributed by atoms with Gasteiger partial charge in [0.05, 0.1) is 0 Å². The Hall–Kier alpha value is -0.930. The van der Waals surface area contributed by atoms with Crippen LogP contribution in [-0.2, 0) is 0 Å². The van der Waals surface area contributed by atoms with Crippen LogP contribution in [-0.4, -0.2) is 25.5 Å². The van der Waals surface area contributed by atoms with Gasteiger partial charge >= 0.3 is 0 Å². The van der Waals surface area contributed by atoms with E-state index < -0.39 is 0 Å². The Morgan fingerprint density at radius 3 is 2.25 bits per heavy atom. The van der Waals surface area contributed by atoms with Crippen molar-refractivity contribution in [3.63, 3.8) is 0 Å². The zero-order valence-corrected chi connectivity index (χ0v) is 10.3. The maximum Gasteiger partial charge on any atom is 0.123 e. The highest BCUT2D eigenvalue weighted by molar-refractivity contribution is 5.20. The highest BCUT2D eigenvalue weighted by Crippen LogP contribution is 2.25. The molecule has 0 amide bonds. The lowest BCUT2D eigenvalue weighted by molar-refractivity contribution is 0.255. The lowest BCUT2D eigenvalue weighted by atomic mass is 9.95. The third-order valence-electron chi connectivity index (χ3n) is 2.91. The molecule has 1 aromatic rings. The van der Waals surface area contributed by atoms with E-state index in [1.807, 2.05) is 26.2 Å². The molecule has 0 saturated carbocycles. The Kier molecular flexibility index (Phi) is 4.90. The summed E-state index contributed by atoms with van der Waals surface area (Å²) < 4.78 is 12.8. The Labute approximate surface area is 97.3 Å². The molecule has 16 heavy (non-hydrogen) atoms. The molecule has 3 heteroatoms. The molecule has 1 aromatic carbocycles. The minimum absolute atomic E-state index is 0.187. The minimum Gasteiger partial charge on any atom is -0.330 e. The van der Waals surface area contributed by atoms with E-state index in [-0.39, 0.29) is 5.82 Å². The van der Waals surface area contributed by atoms with Gasteiger partial charge in [0, 0.05) is 6.04 Å². The summed E-state index contributed by atoms with van der Waals surface area (Å²) in [5.41, 5.74) is 6.79. The van der Waals surface area contributed by atoms with Crippen LogP contribution in [0.5, 0.6) is 0 Å². The van der Waals surface area contributed by atoms with Crippen molar-refractivity contribution in [2.45, 2.75) is 19.4 Å². The molecule has 0 aromatic heterocycles. The molecule has 0 heterocycles. The number of nitrogens with two attached hydrogens (primary N) is 1. The van der Waals surface area contributed by atoms with Gasteiger partial charge in [0.25, 0.3) is 0 Å².